The number of carbonyl (C=O) groups excluding carboxylic acids is 1. The lowest BCUT2D eigenvalue weighted by Crippen LogP contribution is -2.16. The normalized spacial score (nSPS) is 14.5. The quantitative estimate of drug-likeness (QED) is 0.348. The second-order valence-corrected chi connectivity index (χ2v) is 8.68. The van der Waals surface area contributed by atoms with Crippen LogP contribution in [0.5, 0.6) is 11.5 Å². The molecule has 0 amide bonds. The number of hydrogen-bond acceptors (Lipinski definition) is 7. The molecule has 0 aliphatic carbocycles. The predicted octanol–water partition coefficient (Wildman–Crippen LogP) is 5.46. The van der Waals surface area contributed by atoms with E-state index in [1.54, 1.807) is 38.5 Å². The zero-order valence-electron chi connectivity index (χ0n) is 19.3. The van der Waals surface area contributed by atoms with Gasteiger partial charge in [0.1, 0.15) is 6.10 Å². The number of rotatable bonds is 9. The van der Waals surface area contributed by atoms with Crippen LogP contribution < -0.4 is 9.47 Å². The van der Waals surface area contributed by atoms with Gasteiger partial charge in [-0.2, -0.15) is 0 Å². The first-order chi connectivity index (χ1) is 17.0. The molecule has 184 valence electrons. The third-order valence-corrected chi connectivity index (χ3v) is 6.28. The highest BCUT2D eigenvalue weighted by Crippen LogP contribution is 2.35. The van der Waals surface area contributed by atoms with E-state index in [1.807, 2.05) is 18.2 Å². The molecule has 1 aromatic heterocycles. The van der Waals surface area contributed by atoms with Gasteiger partial charge in [-0.05, 0) is 41.0 Å². The van der Waals surface area contributed by atoms with Gasteiger partial charge in [-0.25, -0.2) is 4.79 Å². The maximum atomic E-state index is 13.2. The van der Waals surface area contributed by atoms with Crippen molar-refractivity contribution in [1.82, 2.24) is 4.98 Å². The summed E-state index contributed by atoms with van der Waals surface area (Å²) in [7, 11) is 3.10. The van der Waals surface area contributed by atoms with Crippen LogP contribution in [0.25, 0.3) is 0 Å². The number of nitrogens with zero attached hydrogens (tertiary/aromatic N) is 1. The number of methoxy groups -OCH3 is 2. The predicted molar refractivity (Wildman–Crippen MR) is 132 cm³/mol. The maximum absolute atomic E-state index is 13.2. The number of aromatic nitrogens is 1. The van der Waals surface area contributed by atoms with Crippen LogP contribution in [0, 0.1) is 0 Å². The first-order valence-corrected chi connectivity index (χ1v) is 11.8. The fraction of sp³-hybridized carbons (Fsp3) is 0.308. The summed E-state index contributed by atoms with van der Waals surface area (Å²) in [6.45, 7) is 1.14. The van der Waals surface area contributed by atoms with E-state index in [9.17, 15) is 4.79 Å². The highest BCUT2D eigenvalue weighted by Gasteiger charge is 2.24. The second kappa shape index (κ2) is 11.7. The van der Waals surface area contributed by atoms with Gasteiger partial charge < -0.3 is 23.7 Å². The molecule has 0 bridgehead atoms. The molecule has 0 spiro atoms. The summed E-state index contributed by atoms with van der Waals surface area (Å²) in [5.74, 6) is 0.586. The van der Waals surface area contributed by atoms with Gasteiger partial charge in [0.25, 0.3) is 0 Å². The van der Waals surface area contributed by atoms with Gasteiger partial charge in [0.05, 0.1) is 43.0 Å². The van der Waals surface area contributed by atoms with Crippen molar-refractivity contribution < 1.29 is 28.5 Å². The van der Waals surface area contributed by atoms with Gasteiger partial charge in [-0.1, -0.05) is 41.4 Å². The summed E-state index contributed by atoms with van der Waals surface area (Å²) in [5, 5.41) is 0.773. The molecule has 0 radical (unpaired) electrons. The summed E-state index contributed by atoms with van der Waals surface area (Å²) in [6, 6.07) is 12.6. The van der Waals surface area contributed by atoms with Crippen molar-refractivity contribution >= 4 is 29.2 Å². The first kappa shape index (κ1) is 25.3. The summed E-state index contributed by atoms with van der Waals surface area (Å²) in [5.41, 5.74) is 2.65. The molecule has 1 saturated heterocycles. The molecule has 35 heavy (non-hydrogen) atoms. The monoisotopic (exact) mass is 517 g/mol. The lowest BCUT2D eigenvalue weighted by Gasteiger charge is -2.21. The van der Waals surface area contributed by atoms with Crippen LogP contribution in [0.3, 0.4) is 0 Å². The van der Waals surface area contributed by atoms with E-state index < -0.39 is 12.1 Å². The molecule has 4 rings (SSSR count). The summed E-state index contributed by atoms with van der Waals surface area (Å²) in [6.07, 6.45) is 2.79. The minimum atomic E-state index is -0.704. The molecule has 3 aromatic rings. The number of benzene rings is 2. The Morgan fingerprint density at radius 2 is 1.74 bits per heavy atom. The third-order valence-electron chi connectivity index (χ3n) is 5.63. The highest BCUT2D eigenvalue weighted by atomic mass is 35.5. The van der Waals surface area contributed by atoms with Gasteiger partial charge in [-0.15, -0.1) is 0 Å². The van der Waals surface area contributed by atoms with Crippen LogP contribution in [0.1, 0.15) is 33.2 Å². The Balaban J connectivity index is 1.62. The Morgan fingerprint density at radius 3 is 2.43 bits per heavy atom. The number of ether oxygens (including phenoxy) is 5. The van der Waals surface area contributed by atoms with Gasteiger partial charge in [-0.3, -0.25) is 4.98 Å². The van der Waals surface area contributed by atoms with Crippen LogP contribution in [0.4, 0.5) is 0 Å². The fourth-order valence-electron chi connectivity index (χ4n) is 3.84. The standard InChI is InChI=1S/C26H25Cl2NO6/c1-31-22-7-6-17(12-24(22)32-2)23(13-19-20(27)14-29-15-21(19)28)35-26(30)18-5-3-4-16(10-18)11-25-33-8-9-34-25/h3-7,10,12,14-15,23,25H,8-9,11,13H2,1-2H3/t23-/m0/s1. The molecule has 7 nitrogen and oxygen atoms in total. The number of halogens is 2. The number of esters is 1. The Hall–Kier alpha value is -2.84. The lowest BCUT2D eigenvalue weighted by atomic mass is 10.0. The Kier molecular flexibility index (Phi) is 8.46. The molecular weight excluding hydrogens is 493 g/mol. The second-order valence-electron chi connectivity index (χ2n) is 7.87. The Labute approximate surface area is 213 Å². The molecule has 1 fully saturated rings. The molecule has 0 unspecified atom stereocenters. The molecule has 2 heterocycles. The molecule has 2 aromatic carbocycles. The topological polar surface area (TPSA) is 76.1 Å². The zero-order chi connectivity index (χ0) is 24.8. The van der Waals surface area contributed by atoms with Crippen molar-refractivity contribution in [2.45, 2.75) is 25.2 Å². The maximum Gasteiger partial charge on any atom is 0.338 e. The summed E-state index contributed by atoms with van der Waals surface area (Å²) in [4.78, 5) is 17.2. The van der Waals surface area contributed by atoms with Crippen LogP contribution >= 0.6 is 23.2 Å². The Morgan fingerprint density at radius 1 is 1.03 bits per heavy atom. The van der Waals surface area contributed by atoms with Gasteiger partial charge in [0.15, 0.2) is 17.8 Å². The molecule has 1 aliphatic heterocycles. The Bertz CT molecular complexity index is 1160. The van der Waals surface area contributed by atoms with Crippen molar-refractivity contribution in [3.05, 3.63) is 87.2 Å². The van der Waals surface area contributed by atoms with Crippen molar-refractivity contribution in [2.24, 2.45) is 0 Å². The van der Waals surface area contributed by atoms with E-state index in [0.717, 1.165) is 5.56 Å². The van der Waals surface area contributed by atoms with Gasteiger partial charge >= 0.3 is 5.97 Å². The minimum absolute atomic E-state index is 0.241. The van der Waals surface area contributed by atoms with Crippen molar-refractivity contribution in [1.29, 1.82) is 0 Å². The molecule has 1 aliphatic rings. The zero-order valence-corrected chi connectivity index (χ0v) is 20.8. The van der Waals surface area contributed by atoms with E-state index in [0.29, 0.717) is 57.9 Å². The average Bonchev–Trinajstić information content (AvgIpc) is 3.38. The average molecular weight is 518 g/mol. The van der Waals surface area contributed by atoms with Crippen molar-refractivity contribution in [3.8, 4) is 11.5 Å². The minimum Gasteiger partial charge on any atom is -0.493 e. The number of pyridine rings is 1. The molecule has 0 saturated carbocycles. The number of hydrogen-bond donors (Lipinski definition) is 0. The van der Waals surface area contributed by atoms with E-state index in [1.165, 1.54) is 12.4 Å². The summed E-state index contributed by atoms with van der Waals surface area (Å²) < 4.78 is 27.8. The van der Waals surface area contributed by atoms with Crippen molar-refractivity contribution in [2.75, 3.05) is 27.4 Å². The molecule has 0 N–H and O–H groups in total. The largest absolute Gasteiger partial charge is 0.493 e. The third kappa shape index (κ3) is 6.24. The number of carbonyl (C=O) groups is 1. The molecular formula is C26H25Cl2NO6. The van der Waals surface area contributed by atoms with Gasteiger partial charge in [0, 0.05) is 25.2 Å². The van der Waals surface area contributed by atoms with E-state index in [2.05, 4.69) is 4.98 Å². The SMILES string of the molecule is COc1ccc([C@H](Cc2c(Cl)cncc2Cl)OC(=O)c2cccc(CC3OCCO3)c2)cc1OC. The fourth-order valence-corrected chi connectivity index (χ4v) is 4.36. The molecule has 1 atom stereocenters. The first-order valence-electron chi connectivity index (χ1n) is 11.0. The van der Waals surface area contributed by atoms with Crippen LogP contribution in [-0.2, 0) is 27.1 Å². The van der Waals surface area contributed by atoms with E-state index in [-0.39, 0.29) is 12.7 Å². The highest BCUT2D eigenvalue weighted by molar-refractivity contribution is 6.35. The molecule has 9 heteroatoms. The lowest BCUT2D eigenvalue weighted by molar-refractivity contribution is -0.0400. The van der Waals surface area contributed by atoms with Crippen molar-refractivity contribution in [3.63, 3.8) is 0 Å². The van der Waals surface area contributed by atoms with E-state index in [4.69, 9.17) is 46.9 Å². The summed E-state index contributed by atoms with van der Waals surface area (Å²) >= 11 is 12.7. The smallest absolute Gasteiger partial charge is 0.338 e. The van der Waals surface area contributed by atoms with E-state index >= 15 is 0 Å². The van der Waals surface area contributed by atoms with Crippen LogP contribution in [0.15, 0.2) is 54.9 Å². The van der Waals surface area contributed by atoms with Gasteiger partial charge in [0.2, 0.25) is 0 Å². The van der Waals surface area contributed by atoms with Crippen LogP contribution in [0.2, 0.25) is 10.0 Å². The van der Waals surface area contributed by atoms with Crippen LogP contribution in [-0.4, -0.2) is 44.7 Å².